The molecule has 0 aromatic carbocycles. The maximum atomic E-state index is 12.1. The minimum absolute atomic E-state index is 0.313. The van der Waals surface area contributed by atoms with Crippen molar-refractivity contribution in [3.8, 4) is 0 Å². The Morgan fingerprint density at radius 2 is 1.77 bits per heavy atom. The monoisotopic (exact) mass is 410 g/mol. The molecule has 4 rings (SSSR count). The van der Waals surface area contributed by atoms with Crippen LogP contribution in [0.15, 0.2) is 23.8 Å². The van der Waals surface area contributed by atoms with Crippen molar-refractivity contribution in [2.24, 2.45) is 52.3 Å². The number of rotatable bonds is 5. The van der Waals surface area contributed by atoms with Crippen LogP contribution < -0.4 is 0 Å². The van der Waals surface area contributed by atoms with Crippen LogP contribution in [0.25, 0.3) is 0 Å². The molecule has 1 nitrogen and oxygen atoms in total. The topological polar surface area (TPSA) is 17.1 Å². The number of carbonyl (C=O) groups is 1. The van der Waals surface area contributed by atoms with Crippen molar-refractivity contribution in [2.75, 3.05) is 0 Å². The second kappa shape index (κ2) is 8.25. The van der Waals surface area contributed by atoms with Crippen molar-refractivity contribution in [1.29, 1.82) is 0 Å². The summed E-state index contributed by atoms with van der Waals surface area (Å²) in [6, 6.07) is 0. The minimum atomic E-state index is 0.313. The van der Waals surface area contributed by atoms with E-state index in [9.17, 15) is 4.79 Å². The molecule has 0 bridgehead atoms. The van der Waals surface area contributed by atoms with E-state index in [-0.39, 0.29) is 0 Å². The molecule has 168 valence electrons. The Bertz CT molecular complexity index is 714. The third-order valence-electron chi connectivity index (χ3n) is 10.7. The lowest BCUT2D eigenvalue weighted by atomic mass is 9.46. The maximum absolute atomic E-state index is 12.1. The van der Waals surface area contributed by atoms with Crippen molar-refractivity contribution in [2.45, 2.75) is 99.3 Å². The molecular weight excluding hydrogens is 364 g/mol. The van der Waals surface area contributed by atoms with Gasteiger partial charge in [0.2, 0.25) is 0 Å². The first-order valence-electron chi connectivity index (χ1n) is 13.1. The van der Waals surface area contributed by atoms with Crippen LogP contribution in [0.5, 0.6) is 0 Å². The van der Waals surface area contributed by atoms with Crippen molar-refractivity contribution in [3.63, 3.8) is 0 Å². The highest BCUT2D eigenvalue weighted by molar-refractivity contribution is 5.91. The Morgan fingerprint density at radius 3 is 2.47 bits per heavy atom. The van der Waals surface area contributed by atoms with Gasteiger partial charge in [-0.1, -0.05) is 59.3 Å². The fourth-order valence-electron chi connectivity index (χ4n) is 8.75. The Morgan fingerprint density at radius 1 is 1.00 bits per heavy atom. The molecule has 0 amide bonds. The van der Waals surface area contributed by atoms with Crippen molar-refractivity contribution in [1.82, 2.24) is 0 Å². The summed E-state index contributed by atoms with van der Waals surface area (Å²) in [6.07, 6.45) is 18.5. The van der Waals surface area contributed by atoms with Gasteiger partial charge in [0, 0.05) is 6.42 Å². The van der Waals surface area contributed by atoms with Gasteiger partial charge in [0.05, 0.1) is 0 Å². The second-order valence-corrected chi connectivity index (χ2v) is 12.3. The molecule has 0 aliphatic heterocycles. The predicted octanol–water partition coefficient (Wildman–Crippen LogP) is 8.01. The summed E-state index contributed by atoms with van der Waals surface area (Å²) in [6.45, 7) is 14.7. The summed E-state index contributed by atoms with van der Waals surface area (Å²) in [4.78, 5) is 12.1. The van der Waals surface area contributed by atoms with Crippen LogP contribution in [0, 0.1) is 52.3 Å². The number of carbonyl (C=O) groups excluding carboxylic acids is 1. The van der Waals surface area contributed by atoms with Gasteiger partial charge in [-0.25, -0.2) is 0 Å². The van der Waals surface area contributed by atoms with E-state index in [1.807, 2.05) is 0 Å². The SMILES string of the molecule is CC[C@H](/C=C/[C@@H](C)[C@H]1CC[C@H]2C3CCC4=CC(=O)CC[C@]4(C)[C@H]3CC[C@]12C)C(C)C. The van der Waals surface area contributed by atoms with Crippen molar-refractivity contribution in [3.05, 3.63) is 23.8 Å². The van der Waals surface area contributed by atoms with E-state index in [1.165, 1.54) is 50.5 Å². The lowest BCUT2D eigenvalue weighted by Gasteiger charge is -2.58. The summed E-state index contributed by atoms with van der Waals surface area (Å²) in [7, 11) is 0. The standard InChI is InChI=1S/C29H46O/c1-7-21(19(2)3)9-8-20(4)25-12-13-26-24-11-10-22-18-23(30)14-16-28(22,5)27(24)15-17-29(25,26)6/h8-9,18-21,24-27H,7,10-17H2,1-6H3/b9-8+/t20-,21-,24?,25-,26+,27+,28+,29-/m1/s1. The van der Waals surface area contributed by atoms with Crippen LogP contribution in [0.2, 0.25) is 0 Å². The largest absolute Gasteiger partial charge is 0.295 e. The van der Waals surface area contributed by atoms with Crippen LogP contribution in [-0.2, 0) is 4.79 Å². The van der Waals surface area contributed by atoms with E-state index in [0.29, 0.717) is 22.5 Å². The van der Waals surface area contributed by atoms with Gasteiger partial charge in [-0.3, -0.25) is 4.79 Å². The first-order valence-corrected chi connectivity index (χ1v) is 13.1. The molecule has 30 heavy (non-hydrogen) atoms. The van der Waals surface area contributed by atoms with Crippen molar-refractivity contribution < 1.29 is 4.79 Å². The Balaban J connectivity index is 1.52. The van der Waals surface area contributed by atoms with Gasteiger partial charge >= 0.3 is 0 Å². The van der Waals surface area contributed by atoms with E-state index in [2.05, 4.69) is 59.8 Å². The molecular formula is C29H46O. The van der Waals surface area contributed by atoms with Gasteiger partial charge in [0.25, 0.3) is 0 Å². The van der Waals surface area contributed by atoms with Gasteiger partial charge in [0.1, 0.15) is 0 Å². The highest BCUT2D eigenvalue weighted by Gasteiger charge is 2.59. The summed E-state index contributed by atoms with van der Waals surface area (Å²) < 4.78 is 0. The molecule has 4 aliphatic carbocycles. The second-order valence-electron chi connectivity index (χ2n) is 12.3. The number of fused-ring (bicyclic) bond motifs is 5. The summed E-state index contributed by atoms with van der Waals surface area (Å²) in [5, 5.41) is 0. The fourth-order valence-corrected chi connectivity index (χ4v) is 8.75. The summed E-state index contributed by atoms with van der Waals surface area (Å²) >= 11 is 0. The zero-order chi connectivity index (χ0) is 21.7. The molecule has 0 aromatic heterocycles. The average Bonchev–Trinajstić information content (AvgIpc) is 3.06. The molecule has 0 radical (unpaired) electrons. The van der Waals surface area contributed by atoms with Crippen LogP contribution in [0.3, 0.4) is 0 Å². The smallest absolute Gasteiger partial charge is 0.155 e. The summed E-state index contributed by atoms with van der Waals surface area (Å²) in [5.74, 6) is 6.01. The minimum Gasteiger partial charge on any atom is -0.295 e. The van der Waals surface area contributed by atoms with Gasteiger partial charge in [0.15, 0.2) is 5.78 Å². The zero-order valence-corrected chi connectivity index (χ0v) is 20.5. The molecule has 0 heterocycles. The number of allylic oxidation sites excluding steroid dienone is 3. The van der Waals surface area contributed by atoms with E-state index < -0.39 is 0 Å². The number of hydrogen-bond acceptors (Lipinski definition) is 1. The highest BCUT2D eigenvalue weighted by atomic mass is 16.1. The molecule has 8 atom stereocenters. The average molecular weight is 411 g/mol. The third-order valence-corrected chi connectivity index (χ3v) is 10.7. The lowest BCUT2D eigenvalue weighted by Crippen LogP contribution is -2.50. The predicted molar refractivity (Wildman–Crippen MR) is 127 cm³/mol. The molecule has 4 aliphatic rings. The lowest BCUT2D eigenvalue weighted by molar-refractivity contribution is -0.117. The normalized spacial score (nSPS) is 43.2. The molecule has 0 spiro atoms. The Labute approximate surface area is 186 Å². The van der Waals surface area contributed by atoms with Crippen LogP contribution in [0.4, 0.5) is 0 Å². The van der Waals surface area contributed by atoms with E-state index in [4.69, 9.17) is 0 Å². The Hall–Kier alpha value is -0.850. The molecule has 3 fully saturated rings. The maximum Gasteiger partial charge on any atom is 0.155 e. The van der Waals surface area contributed by atoms with Gasteiger partial charge in [-0.15, -0.1) is 0 Å². The number of ketones is 1. The van der Waals surface area contributed by atoms with Crippen LogP contribution in [0.1, 0.15) is 99.3 Å². The van der Waals surface area contributed by atoms with Gasteiger partial charge in [-0.05, 0) is 110 Å². The van der Waals surface area contributed by atoms with Gasteiger partial charge < -0.3 is 0 Å². The van der Waals surface area contributed by atoms with E-state index in [0.717, 1.165) is 48.3 Å². The first kappa shape index (κ1) is 22.3. The van der Waals surface area contributed by atoms with Gasteiger partial charge in [-0.2, -0.15) is 0 Å². The van der Waals surface area contributed by atoms with Crippen LogP contribution in [-0.4, -0.2) is 5.78 Å². The molecule has 1 unspecified atom stereocenters. The zero-order valence-electron chi connectivity index (χ0n) is 20.5. The molecule has 0 saturated heterocycles. The molecule has 0 N–H and O–H groups in total. The quantitative estimate of drug-likeness (QED) is 0.419. The fraction of sp³-hybridized carbons (Fsp3) is 0.828. The highest BCUT2D eigenvalue weighted by Crippen LogP contribution is 2.67. The van der Waals surface area contributed by atoms with E-state index >= 15 is 0 Å². The summed E-state index contributed by atoms with van der Waals surface area (Å²) in [5.41, 5.74) is 2.34. The van der Waals surface area contributed by atoms with Crippen molar-refractivity contribution >= 4 is 5.78 Å². The third kappa shape index (κ3) is 3.57. The van der Waals surface area contributed by atoms with E-state index in [1.54, 1.807) is 0 Å². The molecule has 3 saturated carbocycles. The number of hydrogen-bond donors (Lipinski definition) is 0. The molecule has 0 aromatic rings. The Kier molecular flexibility index (Phi) is 6.15. The van der Waals surface area contributed by atoms with Crippen LogP contribution >= 0.6 is 0 Å². The first-order chi connectivity index (χ1) is 14.2. The molecule has 1 heteroatoms.